The maximum absolute atomic E-state index is 13.0. The lowest BCUT2D eigenvalue weighted by Gasteiger charge is -2.26. The van der Waals surface area contributed by atoms with Crippen LogP contribution in [-0.4, -0.2) is 82.3 Å². The third-order valence-electron chi connectivity index (χ3n) is 16.3. The second-order valence-electron chi connectivity index (χ2n) is 26.9. The summed E-state index contributed by atoms with van der Waals surface area (Å²) >= 11 is 0. The number of allylic oxidation sites excluding steroid dienone is 32. The Labute approximate surface area is 608 Å². The molecule has 0 aromatic carbocycles. The van der Waals surface area contributed by atoms with E-state index in [0.29, 0.717) is 17.4 Å². The number of hydrogen-bond donors (Lipinski definition) is 0. The first-order valence-corrected chi connectivity index (χ1v) is 39.6. The van der Waals surface area contributed by atoms with Gasteiger partial charge >= 0.3 is 11.9 Å². The quantitative estimate of drug-likeness (QED) is 0.0195. The summed E-state index contributed by atoms with van der Waals surface area (Å²) in [7, 11) is 5.93. The van der Waals surface area contributed by atoms with Gasteiger partial charge in [-0.15, -0.1) is 0 Å². The molecule has 0 radical (unpaired) electrons. The summed E-state index contributed by atoms with van der Waals surface area (Å²) in [5, 5.41) is 11.9. The number of quaternary nitrogens is 1. The van der Waals surface area contributed by atoms with Crippen molar-refractivity contribution in [2.75, 3.05) is 47.5 Å². The molecule has 0 N–H and O–H groups in total. The molecular weight excluding hydrogens is 1220 g/mol. The molecule has 0 aliphatic rings. The first-order chi connectivity index (χ1) is 48.6. The van der Waals surface area contributed by atoms with E-state index in [4.69, 9.17) is 18.9 Å². The average molecular weight is 1370 g/mol. The van der Waals surface area contributed by atoms with Gasteiger partial charge in [0, 0.05) is 12.8 Å². The minimum atomic E-state index is -1.63. The highest BCUT2D eigenvalue weighted by Crippen LogP contribution is 2.17. The Kier molecular flexibility index (Phi) is 73.2. The Hall–Kier alpha value is -5.87. The molecule has 0 bridgehead atoms. The summed E-state index contributed by atoms with van der Waals surface area (Å²) < 4.78 is 22.8. The Morgan fingerprint density at radius 2 is 0.545 bits per heavy atom. The smallest absolute Gasteiger partial charge is 0.306 e. The zero-order valence-electron chi connectivity index (χ0n) is 63.8. The molecule has 0 rings (SSSR count). The minimum Gasteiger partial charge on any atom is -0.545 e. The summed E-state index contributed by atoms with van der Waals surface area (Å²) in [6.07, 6.45) is 117. The van der Waals surface area contributed by atoms with E-state index in [1.165, 1.54) is 109 Å². The topological polar surface area (TPSA) is 111 Å². The van der Waals surface area contributed by atoms with E-state index in [2.05, 4.69) is 208 Å². The Balaban J connectivity index is 4.12. The van der Waals surface area contributed by atoms with Crippen LogP contribution >= 0.6 is 0 Å². The molecule has 0 fully saturated rings. The maximum atomic E-state index is 13.0. The van der Waals surface area contributed by atoms with Gasteiger partial charge in [-0.2, -0.15) is 0 Å². The number of nitrogens with zero attached hydrogens (tertiary/aromatic N) is 1. The number of carboxylic acid groups (broad SMARTS) is 1. The summed E-state index contributed by atoms with van der Waals surface area (Å²) in [5.74, 6) is -2.30. The van der Waals surface area contributed by atoms with Gasteiger partial charge in [-0.1, -0.05) is 337 Å². The van der Waals surface area contributed by atoms with Crippen molar-refractivity contribution in [1.82, 2.24) is 0 Å². The van der Waals surface area contributed by atoms with Crippen LogP contribution < -0.4 is 5.11 Å². The molecule has 2 atom stereocenters. The first kappa shape index (κ1) is 93.1. The van der Waals surface area contributed by atoms with Crippen molar-refractivity contribution in [2.24, 2.45) is 0 Å². The van der Waals surface area contributed by atoms with Crippen LogP contribution in [-0.2, 0) is 33.3 Å². The van der Waals surface area contributed by atoms with Gasteiger partial charge in [-0.05, 0) is 141 Å². The fourth-order valence-electron chi connectivity index (χ4n) is 10.4. The summed E-state index contributed by atoms with van der Waals surface area (Å²) in [6, 6.07) is 0. The van der Waals surface area contributed by atoms with Crippen LogP contribution in [0.25, 0.3) is 0 Å². The molecule has 0 aliphatic carbocycles. The van der Waals surface area contributed by atoms with Crippen molar-refractivity contribution < 1.29 is 42.9 Å². The van der Waals surface area contributed by atoms with Gasteiger partial charge in [0.25, 0.3) is 0 Å². The molecular formula is C90H145NO8. The molecule has 0 aromatic rings. The molecule has 0 spiro atoms. The van der Waals surface area contributed by atoms with Crippen molar-refractivity contribution >= 4 is 17.9 Å². The SMILES string of the molecule is CC/C=C\C/C=C\C/C=C\C/C=C\C/C=C\C/C=C\C/C=C\C/C=C\CCCCCCCCCCCCCCCCC(=O)OC(COC(=O)CCCCCCCCCCCC/C=C\C/C=C\C/C=C\C/C=C\C/C=C\C/C=C\C/C=C\C/C=C\CC)COC(OCC[N+](C)(C)C)C(=O)[O-]. The van der Waals surface area contributed by atoms with Gasteiger partial charge in [-0.25, -0.2) is 0 Å². The van der Waals surface area contributed by atoms with Crippen LogP contribution in [0.3, 0.4) is 0 Å². The number of ether oxygens (including phenoxy) is 4. The highest BCUT2D eigenvalue weighted by molar-refractivity contribution is 5.70. The number of unbranched alkanes of at least 4 members (excludes halogenated alkanes) is 24. The van der Waals surface area contributed by atoms with Gasteiger partial charge in [-0.3, -0.25) is 9.59 Å². The van der Waals surface area contributed by atoms with Crippen LogP contribution in [0.2, 0.25) is 0 Å². The molecule has 0 aromatic heterocycles. The van der Waals surface area contributed by atoms with Gasteiger partial charge in [0.15, 0.2) is 12.4 Å². The third-order valence-corrected chi connectivity index (χ3v) is 16.3. The van der Waals surface area contributed by atoms with E-state index in [9.17, 15) is 19.5 Å². The number of carboxylic acids is 1. The van der Waals surface area contributed by atoms with Crippen LogP contribution in [0.5, 0.6) is 0 Å². The van der Waals surface area contributed by atoms with Crippen molar-refractivity contribution in [2.45, 2.75) is 309 Å². The number of rotatable bonds is 71. The largest absolute Gasteiger partial charge is 0.545 e. The Morgan fingerprint density at radius 1 is 0.303 bits per heavy atom. The monoisotopic (exact) mass is 1370 g/mol. The van der Waals surface area contributed by atoms with Gasteiger partial charge in [0.2, 0.25) is 0 Å². The van der Waals surface area contributed by atoms with Gasteiger partial charge < -0.3 is 33.3 Å². The van der Waals surface area contributed by atoms with Crippen molar-refractivity contribution in [3.8, 4) is 0 Å². The average Bonchev–Trinajstić information content (AvgIpc) is 1.14. The summed E-state index contributed by atoms with van der Waals surface area (Å²) in [4.78, 5) is 37.6. The molecule has 0 amide bonds. The van der Waals surface area contributed by atoms with E-state index >= 15 is 0 Å². The highest BCUT2D eigenvalue weighted by atomic mass is 16.7. The normalized spacial score (nSPS) is 13.7. The van der Waals surface area contributed by atoms with Crippen LogP contribution in [0.4, 0.5) is 0 Å². The number of carbonyl (C=O) groups excluding carboxylic acids is 3. The van der Waals surface area contributed by atoms with Crippen LogP contribution in [0.1, 0.15) is 296 Å². The molecule has 99 heavy (non-hydrogen) atoms. The predicted octanol–water partition coefficient (Wildman–Crippen LogP) is 24.4. The van der Waals surface area contributed by atoms with Crippen molar-refractivity contribution in [1.29, 1.82) is 0 Å². The lowest BCUT2D eigenvalue weighted by molar-refractivity contribution is -0.870. The van der Waals surface area contributed by atoms with E-state index in [0.717, 1.165) is 154 Å². The number of hydrogen-bond acceptors (Lipinski definition) is 8. The molecule has 0 heterocycles. The molecule has 2 unspecified atom stereocenters. The zero-order valence-corrected chi connectivity index (χ0v) is 63.8. The summed E-state index contributed by atoms with van der Waals surface area (Å²) in [6.45, 7) is 4.51. The second-order valence-corrected chi connectivity index (χ2v) is 26.9. The van der Waals surface area contributed by atoms with Gasteiger partial charge in [0.05, 0.1) is 40.3 Å². The fourth-order valence-corrected chi connectivity index (χ4v) is 10.4. The van der Waals surface area contributed by atoms with Crippen molar-refractivity contribution in [3.63, 3.8) is 0 Å². The van der Waals surface area contributed by atoms with Crippen LogP contribution in [0, 0.1) is 0 Å². The predicted molar refractivity (Wildman–Crippen MR) is 425 cm³/mol. The van der Waals surface area contributed by atoms with E-state index in [1.807, 2.05) is 21.1 Å². The fraction of sp³-hybridized carbons (Fsp3) is 0.611. The number of aliphatic carboxylic acids is 1. The molecule has 558 valence electrons. The lowest BCUT2D eigenvalue weighted by Crippen LogP contribution is -2.44. The number of likely N-dealkylation sites (N-methyl/N-ethyl adjacent to an activating group) is 1. The third kappa shape index (κ3) is 79.3. The Bertz CT molecular complexity index is 2340. The zero-order chi connectivity index (χ0) is 71.8. The molecule has 9 nitrogen and oxygen atoms in total. The highest BCUT2D eigenvalue weighted by Gasteiger charge is 2.22. The summed E-state index contributed by atoms with van der Waals surface area (Å²) in [5.41, 5.74) is 0. The molecule has 0 saturated heterocycles. The standard InChI is InChI=1S/C90H145NO8/c1-6-8-10-12-14-16-18-20-22-24-26-28-30-32-34-36-38-40-42-43-44-45-47-49-51-53-55-57-59-61-63-65-67-69-71-73-75-77-79-81-88(93)99-86(85-98-90(89(94)95)96-83-82-91(3,4)5)84-97-87(92)80-78-76-74-72-70-68-66-64-62-60-58-56-54-52-50-48-46-41-39-37-35-33-31-29-27-25-23-21-19-17-15-13-11-9-7-2/h8-11,14-17,20-23,26-29,32-35,38-41,43-44,47-50,54,56,86,90H,6-7,12-13,18-19,24-25,30-31,36-37,42,45-46,51-53,55,57-85H2,1-5H3/b10-8-,11-9-,16-14-,17-15-,22-20-,23-21-,28-26-,29-27-,34-32-,35-33-,40-38-,41-39-,44-43-,49-47-,50-48-,56-54-. The molecule has 0 aliphatic heterocycles. The molecule has 9 heteroatoms. The van der Waals surface area contributed by atoms with E-state index < -0.39 is 24.3 Å². The maximum Gasteiger partial charge on any atom is 0.306 e. The number of esters is 2. The van der Waals surface area contributed by atoms with E-state index in [-0.39, 0.29) is 38.6 Å². The lowest BCUT2D eigenvalue weighted by atomic mass is 10.0. The van der Waals surface area contributed by atoms with E-state index in [1.54, 1.807) is 0 Å². The molecule has 0 saturated carbocycles. The Morgan fingerprint density at radius 3 is 0.808 bits per heavy atom. The first-order valence-electron chi connectivity index (χ1n) is 39.6. The number of carbonyl (C=O) groups is 3. The van der Waals surface area contributed by atoms with Crippen LogP contribution in [0.15, 0.2) is 194 Å². The van der Waals surface area contributed by atoms with Crippen molar-refractivity contribution in [3.05, 3.63) is 194 Å². The minimum absolute atomic E-state index is 0.139. The second kappa shape index (κ2) is 77.9. The van der Waals surface area contributed by atoms with Gasteiger partial charge in [0.1, 0.15) is 13.2 Å².